The number of hydrogen-bond donors (Lipinski definition) is 3. The molecule has 0 aliphatic heterocycles. The van der Waals surface area contributed by atoms with Gasteiger partial charge in [-0.1, -0.05) is 41.9 Å². The van der Waals surface area contributed by atoms with Gasteiger partial charge in [-0.3, -0.25) is 9.59 Å². The van der Waals surface area contributed by atoms with Gasteiger partial charge in [-0.15, -0.1) is 12.4 Å². The van der Waals surface area contributed by atoms with E-state index in [2.05, 4.69) is 15.8 Å². The van der Waals surface area contributed by atoms with Gasteiger partial charge in [0, 0.05) is 23.7 Å². The van der Waals surface area contributed by atoms with Crippen molar-refractivity contribution in [1.82, 2.24) is 15.8 Å². The van der Waals surface area contributed by atoms with Crippen LogP contribution in [-0.4, -0.2) is 35.6 Å². The molecule has 7 nitrogen and oxygen atoms in total. The van der Waals surface area contributed by atoms with Gasteiger partial charge in [-0.2, -0.15) is 0 Å². The number of nitrogens with two attached hydrogens (primary N) is 1. The molecular formula is C21H27ClN4O3. The minimum Gasteiger partial charge on any atom is -0.355 e. The third kappa shape index (κ3) is 4.97. The number of carbonyl (C=O) groups is 2. The van der Waals surface area contributed by atoms with Crippen molar-refractivity contribution in [2.45, 2.75) is 44.2 Å². The summed E-state index contributed by atoms with van der Waals surface area (Å²) in [6, 6.07) is 11.4. The van der Waals surface area contributed by atoms with Crippen LogP contribution >= 0.6 is 12.4 Å². The lowest BCUT2D eigenvalue weighted by molar-refractivity contribution is -0.122. The Morgan fingerprint density at radius 1 is 1.14 bits per heavy atom. The molecule has 8 heteroatoms. The van der Waals surface area contributed by atoms with Crippen LogP contribution in [0.4, 0.5) is 0 Å². The highest BCUT2D eigenvalue weighted by Crippen LogP contribution is 2.39. The Labute approximate surface area is 176 Å². The van der Waals surface area contributed by atoms with Gasteiger partial charge in [0.15, 0.2) is 11.5 Å². The van der Waals surface area contributed by atoms with Gasteiger partial charge in [0.05, 0.1) is 6.54 Å². The van der Waals surface area contributed by atoms with Crippen LogP contribution in [0.3, 0.4) is 0 Å². The van der Waals surface area contributed by atoms with Crippen LogP contribution in [0.1, 0.15) is 42.6 Å². The van der Waals surface area contributed by atoms with E-state index in [1.807, 2.05) is 30.3 Å². The number of fused-ring (bicyclic) bond motifs is 2. The van der Waals surface area contributed by atoms with Gasteiger partial charge in [0.2, 0.25) is 5.91 Å². The summed E-state index contributed by atoms with van der Waals surface area (Å²) in [6.45, 7) is -0.0750. The minimum absolute atomic E-state index is 0. The van der Waals surface area contributed by atoms with E-state index in [-0.39, 0.29) is 42.6 Å². The fraction of sp³-hybridized carbons (Fsp3) is 0.476. The van der Waals surface area contributed by atoms with E-state index < -0.39 is 5.91 Å². The fourth-order valence-corrected chi connectivity index (χ4v) is 4.63. The summed E-state index contributed by atoms with van der Waals surface area (Å²) < 4.78 is 5.24. The number of carbonyl (C=O) groups excluding carboxylic acids is 2. The van der Waals surface area contributed by atoms with Crippen LogP contribution in [0, 0.1) is 11.8 Å². The van der Waals surface area contributed by atoms with Gasteiger partial charge in [-0.25, -0.2) is 0 Å². The predicted octanol–water partition coefficient (Wildman–Crippen LogP) is 2.52. The second-order valence-corrected chi connectivity index (χ2v) is 7.90. The second kappa shape index (κ2) is 9.41. The number of halogens is 1. The van der Waals surface area contributed by atoms with E-state index in [4.69, 9.17) is 10.3 Å². The highest BCUT2D eigenvalue weighted by atomic mass is 35.5. The van der Waals surface area contributed by atoms with E-state index in [1.54, 1.807) is 6.07 Å². The van der Waals surface area contributed by atoms with Crippen molar-refractivity contribution in [3.05, 3.63) is 42.1 Å². The summed E-state index contributed by atoms with van der Waals surface area (Å²) in [5, 5.41) is 9.56. The zero-order valence-corrected chi connectivity index (χ0v) is 17.0. The molecule has 2 aromatic rings. The number of nitrogens with one attached hydrogen (secondary N) is 2. The Bertz CT molecular complexity index is 827. The molecule has 2 fully saturated rings. The molecule has 0 radical (unpaired) electrons. The monoisotopic (exact) mass is 418 g/mol. The molecule has 1 aromatic heterocycles. The fourth-order valence-electron chi connectivity index (χ4n) is 4.63. The maximum Gasteiger partial charge on any atom is 0.273 e. The molecule has 2 atom stereocenters. The van der Waals surface area contributed by atoms with Crippen molar-refractivity contribution in [3.63, 3.8) is 0 Å². The summed E-state index contributed by atoms with van der Waals surface area (Å²) in [4.78, 5) is 24.7. The quantitative estimate of drug-likeness (QED) is 0.691. The molecule has 0 saturated heterocycles. The summed E-state index contributed by atoms with van der Waals surface area (Å²) >= 11 is 0. The Morgan fingerprint density at radius 3 is 2.52 bits per heavy atom. The van der Waals surface area contributed by atoms with Crippen LogP contribution in [0.2, 0.25) is 0 Å². The van der Waals surface area contributed by atoms with Crippen molar-refractivity contribution in [2.75, 3.05) is 6.54 Å². The van der Waals surface area contributed by atoms with Gasteiger partial charge < -0.3 is 20.9 Å². The van der Waals surface area contributed by atoms with E-state index >= 15 is 0 Å². The molecule has 0 spiro atoms. The molecule has 2 saturated carbocycles. The first kappa shape index (κ1) is 21.3. The summed E-state index contributed by atoms with van der Waals surface area (Å²) in [6.07, 6.45) is 5.37. The first-order chi connectivity index (χ1) is 13.6. The Morgan fingerprint density at radius 2 is 1.83 bits per heavy atom. The lowest BCUT2D eigenvalue weighted by Crippen LogP contribution is -2.55. The van der Waals surface area contributed by atoms with E-state index in [0.717, 1.165) is 31.2 Å². The summed E-state index contributed by atoms with van der Waals surface area (Å²) in [7, 11) is 0. The zero-order chi connectivity index (χ0) is 19.5. The molecule has 2 amide bonds. The standard InChI is InChI=1S/C21H26N4O3.ClH/c22-16-9-14-7-4-8-15(10-16)20(14)24-19(26)12-23-21(27)17-11-18(28-25-17)13-5-2-1-3-6-13;/h1-3,5-6,11,14-16,20H,4,7-10,12,22H2,(H,23,27)(H,24,26);1H. The molecule has 2 unspecified atom stereocenters. The number of aromatic nitrogens is 1. The Balaban J connectivity index is 0.00000240. The Kier molecular flexibility index (Phi) is 6.92. The zero-order valence-electron chi connectivity index (χ0n) is 16.2. The Hall–Kier alpha value is -2.38. The first-order valence-electron chi connectivity index (χ1n) is 9.95. The van der Waals surface area contributed by atoms with Crippen molar-refractivity contribution >= 4 is 24.2 Å². The average Bonchev–Trinajstić information content (AvgIpc) is 3.18. The highest BCUT2D eigenvalue weighted by Gasteiger charge is 2.39. The smallest absolute Gasteiger partial charge is 0.273 e. The van der Waals surface area contributed by atoms with Crippen molar-refractivity contribution in [3.8, 4) is 11.3 Å². The molecule has 2 bridgehead atoms. The number of amides is 2. The van der Waals surface area contributed by atoms with E-state index in [0.29, 0.717) is 17.6 Å². The normalized spacial score (nSPS) is 25.6. The van der Waals surface area contributed by atoms with Crippen LogP contribution in [0.25, 0.3) is 11.3 Å². The maximum absolute atomic E-state index is 12.4. The summed E-state index contributed by atoms with van der Waals surface area (Å²) in [5.41, 5.74) is 7.14. The average molecular weight is 419 g/mol. The molecule has 1 aromatic carbocycles. The van der Waals surface area contributed by atoms with Gasteiger partial charge >= 0.3 is 0 Å². The van der Waals surface area contributed by atoms with Crippen LogP contribution in [0.15, 0.2) is 40.9 Å². The molecule has 156 valence electrons. The predicted molar refractivity (Wildman–Crippen MR) is 111 cm³/mol. The van der Waals surface area contributed by atoms with E-state index in [9.17, 15) is 9.59 Å². The molecule has 29 heavy (non-hydrogen) atoms. The lowest BCUT2D eigenvalue weighted by atomic mass is 9.67. The molecule has 2 aliphatic carbocycles. The number of rotatable bonds is 5. The SMILES string of the molecule is Cl.NC1CC2CCCC(C1)C2NC(=O)CNC(=O)c1cc(-c2ccccc2)on1. The minimum atomic E-state index is -0.424. The van der Waals surface area contributed by atoms with Crippen LogP contribution in [0.5, 0.6) is 0 Å². The van der Waals surface area contributed by atoms with Crippen LogP contribution in [-0.2, 0) is 4.79 Å². The molecule has 2 aliphatic rings. The van der Waals surface area contributed by atoms with Crippen LogP contribution < -0.4 is 16.4 Å². The van der Waals surface area contributed by atoms with Gasteiger partial charge in [0.25, 0.3) is 5.91 Å². The molecular weight excluding hydrogens is 392 g/mol. The third-order valence-electron chi connectivity index (χ3n) is 5.91. The topological polar surface area (TPSA) is 110 Å². The van der Waals surface area contributed by atoms with Crippen molar-refractivity contribution in [2.24, 2.45) is 17.6 Å². The maximum atomic E-state index is 12.4. The molecule has 1 heterocycles. The van der Waals surface area contributed by atoms with E-state index in [1.165, 1.54) is 6.42 Å². The first-order valence-corrected chi connectivity index (χ1v) is 9.95. The second-order valence-electron chi connectivity index (χ2n) is 7.90. The van der Waals surface area contributed by atoms with Crippen molar-refractivity contribution in [1.29, 1.82) is 0 Å². The molecule has 4 rings (SSSR count). The van der Waals surface area contributed by atoms with Crippen molar-refractivity contribution < 1.29 is 14.1 Å². The third-order valence-corrected chi connectivity index (χ3v) is 5.91. The molecule has 4 N–H and O–H groups in total. The number of nitrogens with zero attached hydrogens (tertiary/aromatic N) is 1. The van der Waals surface area contributed by atoms with Gasteiger partial charge in [0.1, 0.15) is 0 Å². The number of hydrogen-bond acceptors (Lipinski definition) is 5. The largest absolute Gasteiger partial charge is 0.355 e. The van der Waals surface area contributed by atoms with Gasteiger partial charge in [-0.05, 0) is 37.5 Å². The highest BCUT2D eigenvalue weighted by molar-refractivity contribution is 5.95. The number of benzene rings is 1. The lowest BCUT2D eigenvalue weighted by Gasteiger charge is -2.45. The summed E-state index contributed by atoms with van der Waals surface area (Å²) in [5.74, 6) is 0.822.